The summed E-state index contributed by atoms with van der Waals surface area (Å²) in [5.74, 6) is -0.220. The van der Waals surface area contributed by atoms with Gasteiger partial charge in [-0.15, -0.1) is 0 Å². The summed E-state index contributed by atoms with van der Waals surface area (Å²) in [5, 5.41) is 3.40. The lowest BCUT2D eigenvalue weighted by Gasteiger charge is -2.18. The van der Waals surface area contributed by atoms with Crippen molar-refractivity contribution < 1.29 is 4.39 Å². The third kappa shape index (κ3) is 4.25. The largest absolute Gasteiger partial charge is 0.389 e. The van der Waals surface area contributed by atoms with E-state index < -0.39 is 0 Å². The topological polar surface area (TPSA) is 38.0 Å². The Morgan fingerprint density at radius 3 is 2.57 bits per heavy atom. The summed E-state index contributed by atoms with van der Waals surface area (Å²) in [6.07, 6.45) is 0.781. The van der Waals surface area contributed by atoms with Crippen molar-refractivity contribution in [1.29, 1.82) is 0 Å². The molecule has 3 N–H and O–H groups in total. The predicted octanol–water partition coefficient (Wildman–Crippen LogP) is 4.27. The number of nitrogens with two attached hydrogens (primary N) is 1. The first-order valence-electron chi connectivity index (χ1n) is 6.56. The Bertz CT molecular complexity index is 643. The van der Waals surface area contributed by atoms with Crippen LogP contribution in [0.25, 0.3) is 0 Å². The molecule has 0 saturated heterocycles. The zero-order chi connectivity index (χ0) is 15.4. The van der Waals surface area contributed by atoms with Crippen LogP contribution >= 0.6 is 28.1 Å². The highest BCUT2D eigenvalue weighted by Gasteiger charge is 2.12. The molecule has 0 spiro atoms. The molecule has 0 aliphatic carbocycles. The van der Waals surface area contributed by atoms with Crippen LogP contribution in [0.15, 0.2) is 46.9 Å². The maximum absolute atomic E-state index is 12.9. The molecule has 0 fully saturated rings. The Balaban J connectivity index is 2.13. The van der Waals surface area contributed by atoms with Gasteiger partial charge in [0.2, 0.25) is 0 Å². The Labute approximate surface area is 137 Å². The molecule has 2 rings (SSSR count). The summed E-state index contributed by atoms with van der Waals surface area (Å²) in [6.45, 7) is 2.06. The normalized spacial score (nSPS) is 12.0. The molecule has 0 aromatic heterocycles. The standard InChI is InChI=1S/C16H16BrFN2S/c1-10(9-11-5-7-12(18)8-6-11)20-14-4-2-3-13(17)15(14)16(19)21/h2-8,10,20H,9H2,1H3,(H2,19,21). The number of anilines is 1. The molecular weight excluding hydrogens is 351 g/mol. The first kappa shape index (κ1) is 15.9. The van der Waals surface area contributed by atoms with Gasteiger partial charge in [-0.05, 0) is 59.1 Å². The molecule has 0 heterocycles. The van der Waals surface area contributed by atoms with Crippen molar-refractivity contribution in [2.75, 3.05) is 5.32 Å². The van der Waals surface area contributed by atoms with Gasteiger partial charge in [0.25, 0.3) is 0 Å². The predicted molar refractivity (Wildman–Crippen MR) is 93.2 cm³/mol. The van der Waals surface area contributed by atoms with Crippen LogP contribution < -0.4 is 11.1 Å². The number of hydrogen-bond donors (Lipinski definition) is 2. The van der Waals surface area contributed by atoms with Gasteiger partial charge in [-0.1, -0.05) is 30.4 Å². The minimum Gasteiger partial charge on any atom is -0.389 e. The van der Waals surface area contributed by atoms with Crippen molar-refractivity contribution in [2.45, 2.75) is 19.4 Å². The van der Waals surface area contributed by atoms with Gasteiger partial charge in [0, 0.05) is 21.8 Å². The van der Waals surface area contributed by atoms with E-state index in [-0.39, 0.29) is 11.9 Å². The second-order valence-corrected chi connectivity index (χ2v) is 6.20. The van der Waals surface area contributed by atoms with E-state index in [0.717, 1.165) is 27.7 Å². The number of halogens is 2. The zero-order valence-corrected chi connectivity index (χ0v) is 14.0. The monoisotopic (exact) mass is 366 g/mol. The summed E-state index contributed by atoms with van der Waals surface area (Å²) < 4.78 is 13.8. The van der Waals surface area contributed by atoms with Gasteiger partial charge in [0.05, 0.1) is 0 Å². The molecule has 0 aliphatic rings. The van der Waals surface area contributed by atoms with Crippen LogP contribution in [0.4, 0.5) is 10.1 Å². The third-order valence-corrected chi connectivity index (χ3v) is 3.98. The molecule has 0 amide bonds. The zero-order valence-electron chi connectivity index (χ0n) is 11.6. The van der Waals surface area contributed by atoms with Gasteiger partial charge in [-0.2, -0.15) is 0 Å². The Morgan fingerprint density at radius 1 is 1.29 bits per heavy atom. The molecule has 0 radical (unpaired) electrons. The lowest BCUT2D eigenvalue weighted by atomic mass is 10.1. The fraction of sp³-hybridized carbons (Fsp3) is 0.188. The summed E-state index contributed by atoms with van der Waals surface area (Å²) >= 11 is 8.56. The van der Waals surface area contributed by atoms with Gasteiger partial charge >= 0.3 is 0 Å². The number of thiocarbonyl (C=S) groups is 1. The molecule has 21 heavy (non-hydrogen) atoms. The molecule has 5 heteroatoms. The highest BCUT2D eigenvalue weighted by Crippen LogP contribution is 2.25. The van der Waals surface area contributed by atoms with Crippen molar-refractivity contribution in [3.05, 3.63) is 63.9 Å². The first-order valence-corrected chi connectivity index (χ1v) is 7.77. The Morgan fingerprint density at radius 2 is 1.95 bits per heavy atom. The van der Waals surface area contributed by atoms with E-state index in [4.69, 9.17) is 18.0 Å². The fourth-order valence-electron chi connectivity index (χ4n) is 2.19. The smallest absolute Gasteiger partial charge is 0.123 e. The van der Waals surface area contributed by atoms with E-state index >= 15 is 0 Å². The summed E-state index contributed by atoms with van der Waals surface area (Å²) in [5.41, 5.74) is 8.55. The van der Waals surface area contributed by atoms with E-state index in [1.807, 2.05) is 18.2 Å². The van der Waals surface area contributed by atoms with E-state index in [2.05, 4.69) is 28.2 Å². The summed E-state index contributed by atoms with van der Waals surface area (Å²) in [7, 11) is 0. The molecule has 0 saturated carbocycles. The maximum Gasteiger partial charge on any atom is 0.123 e. The van der Waals surface area contributed by atoms with E-state index in [1.54, 1.807) is 12.1 Å². The van der Waals surface area contributed by atoms with Gasteiger partial charge in [-0.25, -0.2) is 4.39 Å². The second kappa shape index (κ2) is 7.00. The van der Waals surface area contributed by atoms with Gasteiger partial charge in [0.1, 0.15) is 10.8 Å². The Kier molecular flexibility index (Phi) is 5.31. The lowest BCUT2D eigenvalue weighted by molar-refractivity contribution is 0.626. The minimum absolute atomic E-state index is 0.165. The van der Waals surface area contributed by atoms with Crippen molar-refractivity contribution in [2.24, 2.45) is 5.73 Å². The quantitative estimate of drug-likeness (QED) is 0.776. The average molecular weight is 367 g/mol. The second-order valence-electron chi connectivity index (χ2n) is 4.90. The van der Waals surface area contributed by atoms with E-state index in [9.17, 15) is 4.39 Å². The molecule has 0 bridgehead atoms. The van der Waals surface area contributed by atoms with Crippen LogP contribution in [-0.4, -0.2) is 11.0 Å². The van der Waals surface area contributed by atoms with E-state index in [0.29, 0.717) is 4.99 Å². The van der Waals surface area contributed by atoms with E-state index in [1.165, 1.54) is 12.1 Å². The van der Waals surface area contributed by atoms with Gasteiger partial charge < -0.3 is 11.1 Å². The fourth-order valence-corrected chi connectivity index (χ4v) is 3.12. The van der Waals surface area contributed by atoms with Crippen molar-refractivity contribution in [3.8, 4) is 0 Å². The minimum atomic E-state index is -0.220. The van der Waals surface area contributed by atoms with Crippen LogP contribution in [0.1, 0.15) is 18.1 Å². The molecule has 1 atom stereocenters. The summed E-state index contributed by atoms with van der Waals surface area (Å²) in [6, 6.07) is 12.5. The van der Waals surface area contributed by atoms with Crippen LogP contribution in [0.3, 0.4) is 0 Å². The van der Waals surface area contributed by atoms with Crippen molar-refractivity contribution in [1.82, 2.24) is 0 Å². The summed E-state index contributed by atoms with van der Waals surface area (Å²) in [4.78, 5) is 0.346. The molecule has 110 valence electrons. The number of nitrogens with one attached hydrogen (secondary N) is 1. The van der Waals surface area contributed by atoms with Crippen molar-refractivity contribution >= 4 is 38.8 Å². The lowest BCUT2D eigenvalue weighted by Crippen LogP contribution is -2.21. The molecular formula is C16H16BrFN2S. The number of benzene rings is 2. The molecule has 0 aliphatic heterocycles. The number of hydrogen-bond acceptors (Lipinski definition) is 2. The Hall–Kier alpha value is -1.46. The molecule has 2 aromatic carbocycles. The first-order chi connectivity index (χ1) is 9.97. The van der Waals surface area contributed by atoms with Crippen molar-refractivity contribution in [3.63, 3.8) is 0 Å². The van der Waals surface area contributed by atoms with Gasteiger partial charge in [0.15, 0.2) is 0 Å². The highest BCUT2D eigenvalue weighted by molar-refractivity contribution is 9.10. The van der Waals surface area contributed by atoms with Crippen LogP contribution in [0, 0.1) is 5.82 Å². The highest BCUT2D eigenvalue weighted by atomic mass is 79.9. The third-order valence-electron chi connectivity index (χ3n) is 3.12. The maximum atomic E-state index is 12.9. The van der Waals surface area contributed by atoms with Crippen LogP contribution in [0.2, 0.25) is 0 Å². The van der Waals surface area contributed by atoms with Gasteiger partial charge in [-0.3, -0.25) is 0 Å². The molecule has 2 aromatic rings. The number of rotatable bonds is 5. The molecule has 1 unspecified atom stereocenters. The molecule has 2 nitrogen and oxygen atoms in total. The SMILES string of the molecule is CC(Cc1ccc(F)cc1)Nc1cccc(Br)c1C(N)=S. The van der Waals surface area contributed by atoms with Crippen LogP contribution in [0.5, 0.6) is 0 Å². The van der Waals surface area contributed by atoms with Crippen LogP contribution in [-0.2, 0) is 6.42 Å². The average Bonchev–Trinajstić information content (AvgIpc) is 2.41.